The number of hydrogen-bond donors (Lipinski definition) is 0. The van der Waals surface area contributed by atoms with Gasteiger partial charge in [0.1, 0.15) is 6.61 Å². The molecule has 2 aromatic carbocycles. The number of amides is 2. The summed E-state index contributed by atoms with van der Waals surface area (Å²) in [7, 11) is 0. The molecule has 3 heterocycles. The van der Waals surface area contributed by atoms with Gasteiger partial charge >= 0.3 is 0 Å². The van der Waals surface area contributed by atoms with E-state index in [-0.39, 0.29) is 18.4 Å². The molecule has 8 nitrogen and oxygen atoms in total. The van der Waals surface area contributed by atoms with Crippen LogP contribution < -0.4 is 9.47 Å². The Kier molecular flexibility index (Phi) is 5.03. The van der Waals surface area contributed by atoms with E-state index >= 15 is 0 Å². The molecule has 2 amide bonds. The number of hydrogen-bond acceptors (Lipinski definition) is 5. The van der Waals surface area contributed by atoms with Crippen LogP contribution in [0.2, 0.25) is 0 Å². The molecule has 1 atom stereocenters. The summed E-state index contributed by atoms with van der Waals surface area (Å²) in [6.07, 6.45) is 2.83. The van der Waals surface area contributed by atoms with Gasteiger partial charge in [0, 0.05) is 38.6 Å². The lowest BCUT2D eigenvalue weighted by Gasteiger charge is -2.37. The van der Waals surface area contributed by atoms with Crippen LogP contribution in [-0.4, -0.2) is 70.3 Å². The molecule has 1 saturated heterocycles. The molecule has 0 aliphatic carbocycles. The molecule has 8 heteroatoms. The van der Waals surface area contributed by atoms with E-state index in [1.165, 1.54) is 0 Å². The van der Waals surface area contributed by atoms with Crippen LogP contribution >= 0.6 is 0 Å². The van der Waals surface area contributed by atoms with E-state index in [4.69, 9.17) is 9.47 Å². The Labute approximate surface area is 179 Å². The number of benzene rings is 2. The van der Waals surface area contributed by atoms with E-state index in [2.05, 4.69) is 5.10 Å². The summed E-state index contributed by atoms with van der Waals surface area (Å²) in [4.78, 5) is 29.6. The van der Waals surface area contributed by atoms with Gasteiger partial charge in [-0.2, -0.15) is 5.10 Å². The lowest BCUT2D eigenvalue weighted by Crippen LogP contribution is -2.55. The molecule has 1 unspecified atom stereocenters. The van der Waals surface area contributed by atoms with Crippen LogP contribution in [0.5, 0.6) is 11.5 Å². The van der Waals surface area contributed by atoms with Crippen LogP contribution in [0.3, 0.4) is 0 Å². The highest BCUT2D eigenvalue weighted by molar-refractivity contribution is 5.98. The van der Waals surface area contributed by atoms with E-state index in [1.807, 2.05) is 54.7 Å². The van der Waals surface area contributed by atoms with Crippen LogP contribution in [-0.2, 0) is 4.79 Å². The smallest absolute Gasteiger partial charge is 0.267 e. The van der Waals surface area contributed by atoms with Crippen LogP contribution in [0, 0.1) is 0 Å². The minimum absolute atomic E-state index is 0.0654. The van der Waals surface area contributed by atoms with Gasteiger partial charge in [-0.1, -0.05) is 24.3 Å². The highest BCUT2D eigenvalue weighted by Crippen LogP contribution is 2.31. The fraction of sp³-hybridized carbons (Fsp3) is 0.261. The van der Waals surface area contributed by atoms with Crippen molar-refractivity contribution in [3.63, 3.8) is 0 Å². The highest BCUT2D eigenvalue weighted by atomic mass is 16.6. The first-order chi connectivity index (χ1) is 15.2. The average molecular weight is 418 g/mol. The predicted molar refractivity (Wildman–Crippen MR) is 112 cm³/mol. The second kappa shape index (κ2) is 8.14. The van der Waals surface area contributed by atoms with E-state index in [0.29, 0.717) is 43.2 Å². The number of nitrogens with zero attached hydrogens (tertiary/aromatic N) is 4. The van der Waals surface area contributed by atoms with E-state index in [0.717, 1.165) is 5.69 Å². The molecule has 31 heavy (non-hydrogen) atoms. The average Bonchev–Trinajstić information content (AvgIpc) is 3.38. The molecule has 0 N–H and O–H groups in total. The number of piperazine rings is 1. The fourth-order valence-corrected chi connectivity index (χ4v) is 3.91. The molecular weight excluding hydrogens is 396 g/mol. The van der Waals surface area contributed by atoms with Crippen LogP contribution in [0.4, 0.5) is 0 Å². The molecule has 158 valence electrons. The lowest BCUT2D eigenvalue weighted by molar-refractivity contribution is -0.142. The van der Waals surface area contributed by atoms with Gasteiger partial charge in [-0.05, 0) is 30.3 Å². The van der Waals surface area contributed by atoms with Crippen molar-refractivity contribution < 1.29 is 19.1 Å². The van der Waals surface area contributed by atoms with Gasteiger partial charge in [-0.25, -0.2) is 4.68 Å². The number of fused-ring (bicyclic) bond motifs is 1. The standard InChI is InChI=1S/C23H22N4O4/c28-22(17-6-1-2-7-18(17)27-11-5-10-24-27)25-12-14-26(15-13-25)23(29)21-16-30-19-8-3-4-9-20(19)31-21/h1-11,21H,12-16H2. The van der Waals surface area contributed by atoms with Gasteiger partial charge in [0.15, 0.2) is 11.5 Å². The van der Waals surface area contributed by atoms with Crippen molar-refractivity contribution in [1.82, 2.24) is 19.6 Å². The number of carbonyl (C=O) groups is 2. The Hall–Kier alpha value is -3.81. The highest BCUT2D eigenvalue weighted by Gasteiger charge is 2.33. The van der Waals surface area contributed by atoms with Crippen molar-refractivity contribution in [1.29, 1.82) is 0 Å². The molecule has 0 bridgehead atoms. The largest absolute Gasteiger partial charge is 0.485 e. The molecule has 5 rings (SSSR count). The first-order valence-electron chi connectivity index (χ1n) is 10.3. The van der Waals surface area contributed by atoms with Gasteiger partial charge in [-0.15, -0.1) is 0 Å². The van der Waals surface area contributed by atoms with Gasteiger partial charge in [-0.3, -0.25) is 9.59 Å². The molecule has 2 aliphatic rings. The zero-order valence-electron chi connectivity index (χ0n) is 16.9. The van der Waals surface area contributed by atoms with Crippen molar-refractivity contribution in [2.24, 2.45) is 0 Å². The summed E-state index contributed by atoms with van der Waals surface area (Å²) in [5.74, 6) is 1.05. The number of ether oxygens (including phenoxy) is 2. The summed E-state index contributed by atoms with van der Waals surface area (Å²) >= 11 is 0. The van der Waals surface area contributed by atoms with Crippen molar-refractivity contribution in [2.45, 2.75) is 6.10 Å². The van der Waals surface area contributed by atoms with Crippen molar-refractivity contribution in [2.75, 3.05) is 32.8 Å². The lowest BCUT2D eigenvalue weighted by atomic mass is 10.1. The SMILES string of the molecule is O=C(c1ccccc1-n1cccn1)N1CCN(C(=O)C2COc3ccccc3O2)CC1. The Balaban J connectivity index is 1.23. The van der Waals surface area contributed by atoms with E-state index in [9.17, 15) is 9.59 Å². The Morgan fingerprint density at radius 3 is 2.35 bits per heavy atom. The second-order valence-electron chi connectivity index (χ2n) is 7.45. The Bertz CT molecular complexity index is 1090. The van der Waals surface area contributed by atoms with Crippen LogP contribution in [0.15, 0.2) is 67.0 Å². The molecule has 0 radical (unpaired) electrons. The minimum atomic E-state index is -0.669. The topological polar surface area (TPSA) is 76.9 Å². The molecule has 0 saturated carbocycles. The summed E-state index contributed by atoms with van der Waals surface area (Å²) in [5.41, 5.74) is 1.33. The zero-order chi connectivity index (χ0) is 21.2. The maximum Gasteiger partial charge on any atom is 0.267 e. The van der Waals surface area contributed by atoms with E-state index < -0.39 is 6.10 Å². The van der Waals surface area contributed by atoms with Crippen molar-refractivity contribution in [3.05, 3.63) is 72.6 Å². The number of aromatic nitrogens is 2. The summed E-state index contributed by atoms with van der Waals surface area (Å²) in [6, 6.07) is 16.6. The molecule has 3 aromatic rings. The number of carbonyl (C=O) groups excluding carboxylic acids is 2. The molecule has 2 aliphatic heterocycles. The van der Waals surface area contributed by atoms with Crippen molar-refractivity contribution in [3.8, 4) is 17.2 Å². The van der Waals surface area contributed by atoms with Crippen LogP contribution in [0.25, 0.3) is 5.69 Å². The third-order valence-corrected chi connectivity index (χ3v) is 5.55. The van der Waals surface area contributed by atoms with Gasteiger partial charge < -0.3 is 19.3 Å². The van der Waals surface area contributed by atoms with Crippen LogP contribution in [0.1, 0.15) is 10.4 Å². The molecule has 0 spiro atoms. The second-order valence-corrected chi connectivity index (χ2v) is 7.45. The third kappa shape index (κ3) is 3.72. The van der Waals surface area contributed by atoms with Gasteiger partial charge in [0.25, 0.3) is 11.8 Å². The zero-order valence-corrected chi connectivity index (χ0v) is 16.9. The number of para-hydroxylation sites is 3. The molecule has 1 fully saturated rings. The number of rotatable bonds is 3. The molecular formula is C23H22N4O4. The normalized spacial score (nSPS) is 18.0. The Morgan fingerprint density at radius 1 is 0.871 bits per heavy atom. The summed E-state index contributed by atoms with van der Waals surface area (Å²) in [5, 5.41) is 4.25. The van der Waals surface area contributed by atoms with Gasteiger partial charge in [0.05, 0.1) is 11.3 Å². The molecule has 1 aromatic heterocycles. The van der Waals surface area contributed by atoms with Gasteiger partial charge in [0.2, 0.25) is 6.10 Å². The summed E-state index contributed by atoms with van der Waals surface area (Å²) in [6.45, 7) is 2.02. The maximum absolute atomic E-state index is 13.2. The predicted octanol–water partition coefficient (Wildman–Crippen LogP) is 2.00. The first kappa shape index (κ1) is 19.2. The Morgan fingerprint density at radius 2 is 1.58 bits per heavy atom. The third-order valence-electron chi connectivity index (χ3n) is 5.55. The fourth-order valence-electron chi connectivity index (χ4n) is 3.91. The first-order valence-corrected chi connectivity index (χ1v) is 10.3. The van der Waals surface area contributed by atoms with E-state index in [1.54, 1.807) is 26.7 Å². The quantitative estimate of drug-likeness (QED) is 0.650. The van der Waals surface area contributed by atoms with Crippen molar-refractivity contribution >= 4 is 11.8 Å². The summed E-state index contributed by atoms with van der Waals surface area (Å²) < 4.78 is 13.2. The maximum atomic E-state index is 13.2. The minimum Gasteiger partial charge on any atom is -0.485 e. The monoisotopic (exact) mass is 418 g/mol.